The molecule has 0 heterocycles. The summed E-state index contributed by atoms with van der Waals surface area (Å²) in [7, 11) is 1.64. The first-order valence-corrected chi connectivity index (χ1v) is 3.30. The average molecular weight is 167 g/mol. The van der Waals surface area contributed by atoms with Gasteiger partial charge >= 0.3 is 6.03 Å². The molecule has 0 radical (unpaired) electrons. The minimum Gasteiger partial charge on any atom is -0.351 e. The standard InChI is InChI=1S/C8H10N2O.H3N/c1-10(8(9)11)7-5-3-2-4-6-7;/h2-6H,1H3,(H2,9,11);1H3. The fourth-order valence-corrected chi connectivity index (χ4v) is 0.779. The molecule has 66 valence electrons. The van der Waals surface area contributed by atoms with Crippen LogP contribution in [0, 0.1) is 0 Å². The van der Waals surface area contributed by atoms with E-state index in [4.69, 9.17) is 5.73 Å². The highest BCUT2D eigenvalue weighted by atomic mass is 16.2. The molecule has 1 rings (SSSR count). The number of urea groups is 1. The number of hydrogen-bond acceptors (Lipinski definition) is 2. The predicted molar refractivity (Wildman–Crippen MR) is 49.5 cm³/mol. The molecule has 0 aromatic heterocycles. The van der Waals surface area contributed by atoms with Crippen molar-refractivity contribution in [3.8, 4) is 0 Å². The SMILES string of the molecule is CN(C(N)=O)c1ccccc1.N. The highest BCUT2D eigenvalue weighted by molar-refractivity contribution is 5.89. The van der Waals surface area contributed by atoms with Crippen LogP contribution in [0.1, 0.15) is 0 Å². The number of benzene rings is 1. The number of nitrogens with zero attached hydrogens (tertiary/aromatic N) is 1. The Bertz CT molecular complexity index is 248. The molecular weight excluding hydrogens is 154 g/mol. The van der Waals surface area contributed by atoms with Crippen LogP contribution in [0.4, 0.5) is 10.5 Å². The van der Waals surface area contributed by atoms with E-state index in [-0.39, 0.29) is 6.15 Å². The fraction of sp³-hybridized carbons (Fsp3) is 0.125. The van der Waals surface area contributed by atoms with Crippen LogP contribution >= 0.6 is 0 Å². The summed E-state index contributed by atoms with van der Waals surface area (Å²) in [5, 5.41) is 0. The number of primary amides is 1. The lowest BCUT2D eigenvalue weighted by Gasteiger charge is -2.12. The molecule has 0 spiro atoms. The first-order valence-electron chi connectivity index (χ1n) is 3.30. The lowest BCUT2D eigenvalue weighted by molar-refractivity contribution is 0.255. The van der Waals surface area contributed by atoms with Crippen molar-refractivity contribution in [3.05, 3.63) is 30.3 Å². The minimum absolute atomic E-state index is 0. The maximum absolute atomic E-state index is 10.6. The van der Waals surface area contributed by atoms with Gasteiger partial charge in [-0.15, -0.1) is 0 Å². The Labute approximate surface area is 71.6 Å². The van der Waals surface area contributed by atoms with Gasteiger partial charge in [0.15, 0.2) is 0 Å². The summed E-state index contributed by atoms with van der Waals surface area (Å²) in [4.78, 5) is 12.0. The van der Waals surface area contributed by atoms with Crippen molar-refractivity contribution >= 4 is 11.7 Å². The number of para-hydroxylation sites is 1. The summed E-state index contributed by atoms with van der Waals surface area (Å²) in [6.45, 7) is 0. The third-order valence-corrected chi connectivity index (χ3v) is 1.47. The Morgan fingerprint density at radius 1 is 1.33 bits per heavy atom. The lowest BCUT2D eigenvalue weighted by Crippen LogP contribution is -2.31. The average Bonchev–Trinajstić information content (AvgIpc) is 2.05. The molecule has 0 aliphatic heterocycles. The van der Waals surface area contributed by atoms with Gasteiger partial charge in [0.05, 0.1) is 0 Å². The third-order valence-electron chi connectivity index (χ3n) is 1.47. The second-order valence-corrected chi connectivity index (χ2v) is 2.23. The third kappa shape index (κ3) is 2.25. The van der Waals surface area contributed by atoms with Gasteiger partial charge in [0.2, 0.25) is 0 Å². The highest BCUT2D eigenvalue weighted by Crippen LogP contribution is 2.09. The summed E-state index contributed by atoms with van der Waals surface area (Å²) >= 11 is 0. The molecule has 0 aliphatic carbocycles. The largest absolute Gasteiger partial charge is 0.351 e. The van der Waals surface area contributed by atoms with Crippen LogP contribution in [0.2, 0.25) is 0 Å². The van der Waals surface area contributed by atoms with E-state index in [1.807, 2.05) is 30.3 Å². The summed E-state index contributed by atoms with van der Waals surface area (Å²) in [6, 6.07) is 8.80. The van der Waals surface area contributed by atoms with Crippen LogP contribution in [0.5, 0.6) is 0 Å². The number of amides is 2. The van der Waals surface area contributed by atoms with Gasteiger partial charge in [0.25, 0.3) is 0 Å². The zero-order valence-electron chi connectivity index (χ0n) is 7.03. The van der Waals surface area contributed by atoms with Crippen molar-refractivity contribution in [1.82, 2.24) is 6.15 Å². The van der Waals surface area contributed by atoms with Gasteiger partial charge in [-0.1, -0.05) is 18.2 Å². The van der Waals surface area contributed by atoms with Crippen molar-refractivity contribution in [2.45, 2.75) is 0 Å². The van der Waals surface area contributed by atoms with Gasteiger partial charge in [0, 0.05) is 12.7 Å². The van der Waals surface area contributed by atoms with Crippen LogP contribution in [0.25, 0.3) is 0 Å². The molecule has 5 N–H and O–H groups in total. The smallest absolute Gasteiger partial charge is 0.318 e. The van der Waals surface area contributed by atoms with Gasteiger partial charge in [-0.05, 0) is 12.1 Å². The summed E-state index contributed by atoms with van der Waals surface area (Å²) in [5.74, 6) is 0. The maximum Gasteiger partial charge on any atom is 0.318 e. The van der Waals surface area contributed by atoms with Gasteiger partial charge in [-0.3, -0.25) is 4.90 Å². The Hall–Kier alpha value is -1.55. The zero-order valence-corrected chi connectivity index (χ0v) is 7.03. The second kappa shape index (κ2) is 4.35. The molecule has 0 atom stereocenters. The van der Waals surface area contributed by atoms with E-state index < -0.39 is 6.03 Å². The first-order chi connectivity index (χ1) is 5.22. The van der Waals surface area contributed by atoms with Gasteiger partial charge in [0.1, 0.15) is 0 Å². The topological polar surface area (TPSA) is 81.3 Å². The van der Waals surface area contributed by atoms with E-state index in [2.05, 4.69) is 0 Å². The number of anilines is 1. The minimum atomic E-state index is -0.448. The molecule has 0 bridgehead atoms. The van der Waals surface area contributed by atoms with Crippen molar-refractivity contribution in [3.63, 3.8) is 0 Å². The van der Waals surface area contributed by atoms with E-state index >= 15 is 0 Å². The molecule has 1 aromatic rings. The Kier molecular flexibility index (Phi) is 3.79. The van der Waals surface area contributed by atoms with Crippen LogP contribution in [0.3, 0.4) is 0 Å². The predicted octanol–water partition coefficient (Wildman–Crippen LogP) is 1.36. The van der Waals surface area contributed by atoms with Crippen molar-refractivity contribution in [1.29, 1.82) is 0 Å². The summed E-state index contributed by atoms with van der Waals surface area (Å²) in [6.07, 6.45) is 0. The number of rotatable bonds is 1. The van der Waals surface area contributed by atoms with E-state index in [1.165, 1.54) is 4.90 Å². The van der Waals surface area contributed by atoms with Gasteiger partial charge in [-0.25, -0.2) is 4.79 Å². The van der Waals surface area contributed by atoms with Gasteiger partial charge in [-0.2, -0.15) is 0 Å². The molecule has 12 heavy (non-hydrogen) atoms. The highest BCUT2D eigenvalue weighted by Gasteiger charge is 2.03. The number of nitrogens with two attached hydrogens (primary N) is 1. The first kappa shape index (κ1) is 10.4. The molecule has 0 saturated carbocycles. The van der Waals surface area contributed by atoms with Crippen LogP contribution in [-0.2, 0) is 0 Å². The maximum atomic E-state index is 10.6. The second-order valence-electron chi connectivity index (χ2n) is 2.23. The number of carbonyl (C=O) groups is 1. The molecule has 0 aliphatic rings. The van der Waals surface area contributed by atoms with E-state index in [0.717, 1.165) is 5.69 Å². The van der Waals surface area contributed by atoms with E-state index in [9.17, 15) is 4.79 Å². The van der Waals surface area contributed by atoms with E-state index in [1.54, 1.807) is 7.05 Å². The zero-order chi connectivity index (χ0) is 8.27. The number of carbonyl (C=O) groups excluding carboxylic acids is 1. The van der Waals surface area contributed by atoms with Crippen LogP contribution in [-0.4, -0.2) is 13.1 Å². The normalized spacial score (nSPS) is 8.42. The van der Waals surface area contributed by atoms with Crippen molar-refractivity contribution in [2.75, 3.05) is 11.9 Å². The molecule has 0 saturated heterocycles. The Morgan fingerprint density at radius 3 is 2.25 bits per heavy atom. The Balaban J connectivity index is 0.00000121. The van der Waals surface area contributed by atoms with E-state index in [0.29, 0.717) is 0 Å². The molecule has 4 nitrogen and oxygen atoms in total. The summed E-state index contributed by atoms with van der Waals surface area (Å²) in [5.41, 5.74) is 5.86. The molecule has 0 fully saturated rings. The monoisotopic (exact) mass is 167 g/mol. The molecule has 1 aromatic carbocycles. The van der Waals surface area contributed by atoms with Crippen LogP contribution < -0.4 is 16.8 Å². The van der Waals surface area contributed by atoms with Gasteiger partial charge < -0.3 is 11.9 Å². The molecular formula is C8H13N3O. The molecule has 0 unspecified atom stereocenters. The van der Waals surface area contributed by atoms with Crippen molar-refractivity contribution in [2.24, 2.45) is 5.73 Å². The molecule has 2 amide bonds. The Morgan fingerprint density at radius 2 is 1.83 bits per heavy atom. The number of hydrogen-bond donors (Lipinski definition) is 2. The fourth-order valence-electron chi connectivity index (χ4n) is 0.779. The lowest BCUT2D eigenvalue weighted by atomic mass is 10.3. The molecule has 4 heteroatoms. The van der Waals surface area contributed by atoms with Crippen molar-refractivity contribution < 1.29 is 4.79 Å². The quantitative estimate of drug-likeness (QED) is 0.662. The summed E-state index contributed by atoms with van der Waals surface area (Å²) < 4.78 is 0. The van der Waals surface area contributed by atoms with Crippen LogP contribution in [0.15, 0.2) is 30.3 Å².